The predicted octanol–water partition coefficient (Wildman–Crippen LogP) is 4.87. The number of hydrogen-bond donors (Lipinski definition) is 1. The molecule has 1 N–H and O–H groups in total. The van der Waals surface area contributed by atoms with Crippen LogP contribution in [0.3, 0.4) is 0 Å². The Morgan fingerprint density at radius 2 is 1.69 bits per heavy atom. The Balaban J connectivity index is 1.72. The summed E-state index contributed by atoms with van der Waals surface area (Å²) in [5, 5.41) is 6.27. The van der Waals surface area contributed by atoms with Crippen LogP contribution in [0.25, 0.3) is 5.69 Å². The average Bonchev–Trinajstić information content (AvgIpc) is 3.13. The second-order valence-corrected chi connectivity index (χ2v) is 6.25. The molecule has 134 valence electrons. The Morgan fingerprint density at radius 1 is 1.04 bits per heavy atom. The molecule has 0 spiro atoms. The zero-order valence-electron chi connectivity index (χ0n) is 13.6. The SMILES string of the molecule is CSc1ccc(NC(=O)c2ccc(-n3ccc(C(F)(F)F)n3)cc2)cc1. The van der Waals surface area contributed by atoms with Crippen LogP contribution in [0, 0.1) is 0 Å². The van der Waals surface area contributed by atoms with Crippen LogP contribution in [0.5, 0.6) is 0 Å². The van der Waals surface area contributed by atoms with Crippen LogP contribution >= 0.6 is 11.8 Å². The maximum Gasteiger partial charge on any atom is 0.435 e. The van der Waals surface area contributed by atoms with Crippen LogP contribution in [0.1, 0.15) is 16.1 Å². The molecule has 0 saturated heterocycles. The van der Waals surface area contributed by atoms with Crippen LogP contribution < -0.4 is 5.32 Å². The van der Waals surface area contributed by atoms with E-state index in [9.17, 15) is 18.0 Å². The van der Waals surface area contributed by atoms with E-state index < -0.39 is 11.9 Å². The molecule has 0 aliphatic carbocycles. The van der Waals surface area contributed by atoms with Crippen LogP contribution in [0.2, 0.25) is 0 Å². The molecule has 1 heterocycles. The third kappa shape index (κ3) is 4.08. The summed E-state index contributed by atoms with van der Waals surface area (Å²) in [7, 11) is 0. The van der Waals surface area contributed by atoms with Crippen molar-refractivity contribution >= 4 is 23.4 Å². The van der Waals surface area contributed by atoms with E-state index in [-0.39, 0.29) is 5.91 Å². The molecule has 1 amide bonds. The summed E-state index contributed by atoms with van der Waals surface area (Å²) in [6, 6.07) is 14.5. The number of alkyl halides is 3. The number of nitrogens with one attached hydrogen (secondary N) is 1. The van der Waals surface area contributed by atoms with E-state index in [0.29, 0.717) is 16.9 Å². The molecule has 2 aromatic carbocycles. The van der Waals surface area contributed by atoms with Gasteiger partial charge in [0.1, 0.15) is 0 Å². The topological polar surface area (TPSA) is 46.9 Å². The van der Waals surface area contributed by atoms with Gasteiger partial charge >= 0.3 is 6.18 Å². The molecule has 1 aromatic heterocycles. The lowest BCUT2D eigenvalue weighted by molar-refractivity contribution is -0.141. The van der Waals surface area contributed by atoms with Gasteiger partial charge in [0.15, 0.2) is 5.69 Å². The molecule has 0 radical (unpaired) electrons. The van der Waals surface area contributed by atoms with Crippen LogP contribution in [0.15, 0.2) is 65.7 Å². The van der Waals surface area contributed by atoms with Gasteiger partial charge < -0.3 is 5.32 Å². The lowest BCUT2D eigenvalue weighted by Gasteiger charge is -2.07. The molecule has 3 rings (SSSR count). The second-order valence-electron chi connectivity index (χ2n) is 5.37. The number of halogens is 3. The van der Waals surface area contributed by atoms with E-state index in [4.69, 9.17) is 0 Å². The fourth-order valence-electron chi connectivity index (χ4n) is 2.26. The lowest BCUT2D eigenvalue weighted by Crippen LogP contribution is -2.12. The highest BCUT2D eigenvalue weighted by atomic mass is 32.2. The maximum absolute atomic E-state index is 12.6. The Morgan fingerprint density at radius 3 is 2.23 bits per heavy atom. The number of hydrogen-bond acceptors (Lipinski definition) is 3. The molecular weight excluding hydrogens is 363 g/mol. The van der Waals surface area contributed by atoms with Crippen molar-refractivity contribution in [3.05, 3.63) is 72.1 Å². The van der Waals surface area contributed by atoms with Crippen molar-refractivity contribution in [2.45, 2.75) is 11.1 Å². The Kier molecular flexibility index (Phi) is 5.03. The average molecular weight is 377 g/mol. The monoisotopic (exact) mass is 377 g/mol. The van der Waals surface area contributed by atoms with Crippen molar-refractivity contribution in [2.75, 3.05) is 11.6 Å². The van der Waals surface area contributed by atoms with Gasteiger partial charge in [-0.1, -0.05) is 0 Å². The zero-order chi connectivity index (χ0) is 18.7. The van der Waals surface area contributed by atoms with Crippen LogP contribution in [0.4, 0.5) is 18.9 Å². The standard InChI is InChI=1S/C18H14F3N3OS/c1-26-15-8-4-13(5-9-15)22-17(25)12-2-6-14(7-3-12)24-11-10-16(23-24)18(19,20)21/h2-11H,1H3,(H,22,25). The molecule has 4 nitrogen and oxygen atoms in total. The summed E-state index contributed by atoms with van der Waals surface area (Å²) in [5.41, 5.74) is 0.527. The minimum Gasteiger partial charge on any atom is -0.322 e. The number of amides is 1. The molecule has 3 aromatic rings. The summed E-state index contributed by atoms with van der Waals surface area (Å²) in [6.45, 7) is 0. The minimum absolute atomic E-state index is 0.301. The minimum atomic E-state index is -4.49. The molecular formula is C18H14F3N3OS. The highest BCUT2D eigenvalue weighted by molar-refractivity contribution is 7.98. The van der Waals surface area contributed by atoms with Crippen LogP contribution in [-0.4, -0.2) is 21.9 Å². The van der Waals surface area contributed by atoms with Gasteiger partial charge in [-0.25, -0.2) is 4.68 Å². The number of aromatic nitrogens is 2. The van der Waals surface area contributed by atoms with E-state index in [2.05, 4.69) is 10.4 Å². The first-order valence-corrected chi connectivity index (χ1v) is 8.78. The van der Waals surface area contributed by atoms with Gasteiger partial charge in [-0.2, -0.15) is 18.3 Å². The van der Waals surface area contributed by atoms with E-state index in [0.717, 1.165) is 15.6 Å². The molecule has 8 heteroatoms. The first-order chi connectivity index (χ1) is 12.4. The van der Waals surface area contributed by atoms with Crippen molar-refractivity contribution < 1.29 is 18.0 Å². The van der Waals surface area contributed by atoms with Gasteiger partial charge in [-0.15, -0.1) is 11.8 Å². The third-order valence-electron chi connectivity index (χ3n) is 3.62. The molecule has 0 bridgehead atoms. The highest BCUT2D eigenvalue weighted by Gasteiger charge is 2.33. The Bertz CT molecular complexity index is 903. The molecule has 0 atom stereocenters. The predicted molar refractivity (Wildman–Crippen MR) is 94.7 cm³/mol. The number of thioether (sulfide) groups is 1. The van der Waals surface area contributed by atoms with Gasteiger partial charge in [-0.05, 0) is 60.9 Å². The number of carbonyl (C=O) groups excluding carboxylic acids is 1. The molecule has 0 aliphatic rings. The molecule has 0 saturated carbocycles. The number of carbonyl (C=O) groups is 1. The zero-order valence-corrected chi connectivity index (χ0v) is 14.4. The molecule has 0 aliphatic heterocycles. The summed E-state index contributed by atoms with van der Waals surface area (Å²) in [5.74, 6) is -0.301. The summed E-state index contributed by atoms with van der Waals surface area (Å²) in [6.07, 6.45) is -1.30. The third-order valence-corrected chi connectivity index (χ3v) is 4.37. The largest absolute Gasteiger partial charge is 0.435 e. The highest BCUT2D eigenvalue weighted by Crippen LogP contribution is 2.28. The number of rotatable bonds is 4. The fraction of sp³-hybridized carbons (Fsp3) is 0.111. The Hall–Kier alpha value is -2.74. The summed E-state index contributed by atoms with van der Waals surface area (Å²) < 4.78 is 39.0. The lowest BCUT2D eigenvalue weighted by atomic mass is 10.2. The van der Waals surface area contributed by atoms with Crippen molar-refractivity contribution in [3.8, 4) is 5.69 Å². The first kappa shape index (κ1) is 18.1. The van der Waals surface area contributed by atoms with E-state index in [1.54, 1.807) is 36.0 Å². The summed E-state index contributed by atoms with van der Waals surface area (Å²) in [4.78, 5) is 13.4. The second kappa shape index (κ2) is 7.25. The van der Waals surface area contributed by atoms with Gasteiger partial charge in [0.2, 0.25) is 0 Å². The maximum atomic E-state index is 12.6. The number of benzene rings is 2. The smallest absolute Gasteiger partial charge is 0.322 e. The van der Waals surface area contributed by atoms with Crippen molar-refractivity contribution in [1.82, 2.24) is 9.78 Å². The van der Waals surface area contributed by atoms with Crippen molar-refractivity contribution in [2.24, 2.45) is 0 Å². The van der Waals surface area contributed by atoms with E-state index in [1.165, 1.54) is 18.3 Å². The molecule has 26 heavy (non-hydrogen) atoms. The number of anilines is 1. The van der Waals surface area contributed by atoms with Crippen LogP contribution in [-0.2, 0) is 6.18 Å². The first-order valence-electron chi connectivity index (χ1n) is 7.55. The normalized spacial score (nSPS) is 11.4. The van der Waals surface area contributed by atoms with Gasteiger partial charge in [-0.3, -0.25) is 4.79 Å². The fourth-order valence-corrected chi connectivity index (χ4v) is 2.67. The quantitative estimate of drug-likeness (QED) is 0.660. The van der Waals surface area contributed by atoms with E-state index >= 15 is 0 Å². The Labute approximate surface area is 152 Å². The van der Waals surface area contributed by atoms with Gasteiger partial charge in [0, 0.05) is 22.3 Å². The molecule has 0 fully saturated rings. The van der Waals surface area contributed by atoms with Crippen molar-refractivity contribution in [3.63, 3.8) is 0 Å². The number of nitrogens with zero attached hydrogens (tertiary/aromatic N) is 2. The molecule has 0 unspecified atom stereocenters. The van der Waals surface area contributed by atoms with Gasteiger partial charge in [0.05, 0.1) is 5.69 Å². The van der Waals surface area contributed by atoms with Crippen molar-refractivity contribution in [1.29, 1.82) is 0 Å². The van der Waals surface area contributed by atoms with Gasteiger partial charge in [0.25, 0.3) is 5.91 Å². The summed E-state index contributed by atoms with van der Waals surface area (Å²) >= 11 is 1.60. The van der Waals surface area contributed by atoms with E-state index in [1.807, 2.05) is 18.4 Å².